The Morgan fingerprint density at radius 2 is 1.84 bits per heavy atom. The van der Waals surface area contributed by atoms with Crippen LogP contribution in [0.25, 0.3) is 0 Å². The van der Waals surface area contributed by atoms with Crippen molar-refractivity contribution in [1.29, 1.82) is 0 Å². The van der Waals surface area contributed by atoms with E-state index in [0.717, 1.165) is 29.7 Å². The zero-order chi connectivity index (χ0) is 27.3. The first-order valence-corrected chi connectivity index (χ1v) is 13.7. The van der Waals surface area contributed by atoms with Gasteiger partial charge in [-0.25, -0.2) is 9.59 Å². The lowest BCUT2D eigenvalue weighted by atomic mass is 9.99. The van der Waals surface area contributed by atoms with Crippen molar-refractivity contribution < 1.29 is 28.9 Å². The molecule has 0 radical (unpaired) electrons. The minimum atomic E-state index is -1.22. The summed E-state index contributed by atoms with van der Waals surface area (Å²) in [6.07, 6.45) is 2.91. The van der Waals surface area contributed by atoms with Crippen LogP contribution in [0.5, 0.6) is 11.5 Å². The smallest absolute Gasteiger partial charge is 0.329 e. The van der Waals surface area contributed by atoms with E-state index >= 15 is 0 Å². The quantitative estimate of drug-likeness (QED) is 0.286. The van der Waals surface area contributed by atoms with Crippen LogP contribution in [0.3, 0.4) is 0 Å². The number of ether oxygens (including phenoxy) is 3. The summed E-state index contributed by atoms with van der Waals surface area (Å²) in [5, 5.41) is 12.8. The van der Waals surface area contributed by atoms with E-state index in [4.69, 9.17) is 25.8 Å². The van der Waals surface area contributed by atoms with E-state index in [1.165, 1.54) is 0 Å². The Balaban J connectivity index is 1.61. The fourth-order valence-electron chi connectivity index (χ4n) is 4.63. The van der Waals surface area contributed by atoms with Crippen molar-refractivity contribution in [3.63, 3.8) is 0 Å². The number of carbonyl (C=O) groups is 2. The van der Waals surface area contributed by atoms with Crippen molar-refractivity contribution in [2.45, 2.75) is 70.6 Å². The molecule has 2 aliphatic carbocycles. The maximum atomic E-state index is 13.5. The third-order valence-corrected chi connectivity index (χ3v) is 7.49. The summed E-state index contributed by atoms with van der Waals surface area (Å²) in [6, 6.07) is 10.7. The summed E-state index contributed by atoms with van der Waals surface area (Å²) in [4.78, 5) is 26.9. The minimum absolute atomic E-state index is 0.240. The summed E-state index contributed by atoms with van der Waals surface area (Å²) in [7, 11) is 0. The molecule has 2 saturated carbocycles. The number of rotatable bonds is 14. The fourth-order valence-corrected chi connectivity index (χ4v) is 5.00. The van der Waals surface area contributed by atoms with Gasteiger partial charge in [-0.15, -0.1) is 0 Å². The number of hydrogen-bond acceptors (Lipinski definition) is 5. The van der Waals surface area contributed by atoms with Crippen LogP contribution in [0, 0.1) is 0 Å². The summed E-state index contributed by atoms with van der Waals surface area (Å²) >= 11 is 6.95. The zero-order valence-electron chi connectivity index (χ0n) is 22.3. The van der Waals surface area contributed by atoms with Crippen LogP contribution in [0.2, 0.25) is 5.02 Å². The van der Waals surface area contributed by atoms with Crippen LogP contribution in [0.1, 0.15) is 75.1 Å². The number of carboxylic acid groups (broad SMARTS) is 1. The number of nitrogens with zero attached hydrogens (tertiary/aromatic N) is 1. The molecule has 2 fully saturated rings. The van der Waals surface area contributed by atoms with Gasteiger partial charge in [0, 0.05) is 17.7 Å². The van der Waals surface area contributed by atoms with Gasteiger partial charge in [0.15, 0.2) is 0 Å². The topological polar surface area (TPSA) is 97.3 Å². The average molecular weight is 545 g/mol. The van der Waals surface area contributed by atoms with E-state index in [-0.39, 0.29) is 13.2 Å². The van der Waals surface area contributed by atoms with Crippen LogP contribution in [0.4, 0.5) is 4.79 Å². The SMILES string of the molecule is CCOc1cc(C(C)N(CCOCc2ccccc2)C(=O)NC2(C(=O)O)CC2)c(Cl)c(OCC)c1C1CC1. The van der Waals surface area contributed by atoms with Gasteiger partial charge in [0.1, 0.15) is 17.0 Å². The van der Waals surface area contributed by atoms with Crippen molar-refractivity contribution in [3.8, 4) is 11.5 Å². The molecule has 2 aromatic carbocycles. The van der Waals surface area contributed by atoms with E-state index in [0.29, 0.717) is 54.9 Å². The third kappa shape index (κ3) is 6.35. The Labute approximate surface area is 229 Å². The van der Waals surface area contributed by atoms with Crippen LogP contribution in [0.15, 0.2) is 36.4 Å². The van der Waals surface area contributed by atoms with Gasteiger partial charge in [-0.05, 0) is 64.0 Å². The summed E-state index contributed by atoms with van der Waals surface area (Å²) < 4.78 is 17.9. The second-order valence-corrected chi connectivity index (χ2v) is 10.3. The predicted octanol–water partition coefficient (Wildman–Crippen LogP) is 5.92. The number of nitrogens with one attached hydrogen (secondary N) is 1. The number of aliphatic carboxylic acids is 1. The zero-order valence-corrected chi connectivity index (χ0v) is 23.1. The molecule has 38 heavy (non-hydrogen) atoms. The molecule has 1 atom stereocenters. The van der Waals surface area contributed by atoms with Crippen LogP contribution >= 0.6 is 11.6 Å². The Morgan fingerprint density at radius 3 is 2.42 bits per heavy atom. The van der Waals surface area contributed by atoms with Crippen molar-refractivity contribution in [2.75, 3.05) is 26.4 Å². The Hall–Kier alpha value is -2.97. The number of amides is 2. The Morgan fingerprint density at radius 1 is 1.16 bits per heavy atom. The van der Waals surface area contributed by atoms with Gasteiger partial charge >= 0.3 is 12.0 Å². The molecule has 9 heteroatoms. The molecule has 2 aromatic rings. The lowest BCUT2D eigenvalue weighted by molar-refractivity contribution is -0.140. The molecule has 0 heterocycles. The molecule has 2 aliphatic rings. The number of benzene rings is 2. The Kier molecular flexibility index (Phi) is 9.05. The fraction of sp³-hybridized carbons (Fsp3) is 0.517. The molecule has 0 aromatic heterocycles. The number of hydrogen-bond donors (Lipinski definition) is 2. The largest absolute Gasteiger partial charge is 0.493 e. The van der Waals surface area contributed by atoms with Crippen LogP contribution in [-0.2, 0) is 16.1 Å². The highest BCUT2D eigenvalue weighted by Gasteiger charge is 2.52. The molecule has 0 bridgehead atoms. The molecule has 4 rings (SSSR count). The van der Waals surface area contributed by atoms with Gasteiger partial charge in [-0.2, -0.15) is 0 Å². The standard InChI is InChI=1S/C29H37ClN2O6/c1-4-37-23-17-22(25(30)26(38-5-2)24(23)21-11-12-21)19(3)32(28(35)31-29(13-14-29)27(33)34)15-16-36-18-20-9-7-6-8-10-20/h6-10,17,19,21H,4-5,11-16,18H2,1-3H3,(H,31,35)(H,33,34). The highest BCUT2D eigenvalue weighted by Crippen LogP contribution is 2.53. The van der Waals surface area contributed by atoms with Crippen LogP contribution in [-0.4, -0.2) is 53.9 Å². The monoisotopic (exact) mass is 544 g/mol. The van der Waals surface area contributed by atoms with Gasteiger partial charge in [0.25, 0.3) is 0 Å². The molecular formula is C29H37ClN2O6. The predicted molar refractivity (Wildman–Crippen MR) is 145 cm³/mol. The highest BCUT2D eigenvalue weighted by atomic mass is 35.5. The molecule has 0 spiro atoms. The molecule has 0 saturated heterocycles. The van der Waals surface area contributed by atoms with Crippen molar-refractivity contribution in [3.05, 3.63) is 58.1 Å². The van der Waals surface area contributed by atoms with E-state index in [1.54, 1.807) is 4.90 Å². The van der Waals surface area contributed by atoms with E-state index in [2.05, 4.69) is 5.32 Å². The second kappa shape index (κ2) is 12.3. The molecule has 0 aliphatic heterocycles. The molecule has 2 amide bonds. The number of urea groups is 1. The summed E-state index contributed by atoms with van der Waals surface area (Å²) in [5.74, 6) is 0.642. The van der Waals surface area contributed by atoms with Crippen molar-refractivity contribution >= 4 is 23.6 Å². The van der Waals surface area contributed by atoms with Gasteiger partial charge in [0.2, 0.25) is 0 Å². The number of halogens is 1. The normalized spacial score (nSPS) is 16.4. The maximum absolute atomic E-state index is 13.5. The van der Waals surface area contributed by atoms with E-state index in [1.807, 2.05) is 57.2 Å². The van der Waals surface area contributed by atoms with Gasteiger partial charge < -0.3 is 29.5 Å². The first-order valence-electron chi connectivity index (χ1n) is 13.4. The average Bonchev–Trinajstić information content (AvgIpc) is 3.83. The molecular weight excluding hydrogens is 508 g/mol. The molecule has 8 nitrogen and oxygen atoms in total. The first kappa shape index (κ1) is 28.0. The van der Waals surface area contributed by atoms with Crippen molar-refractivity contribution in [1.82, 2.24) is 10.2 Å². The van der Waals surface area contributed by atoms with Crippen molar-refractivity contribution in [2.24, 2.45) is 0 Å². The highest BCUT2D eigenvalue weighted by molar-refractivity contribution is 6.33. The Bertz CT molecular complexity index is 1130. The van der Waals surface area contributed by atoms with E-state index < -0.39 is 23.6 Å². The lowest BCUT2D eigenvalue weighted by Crippen LogP contribution is -2.51. The lowest BCUT2D eigenvalue weighted by Gasteiger charge is -2.32. The van der Waals surface area contributed by atoms with Gasteiger partial charge in [-0.1, -0.05) is 41.9 Å². The van der Waals surface area contributed by atoms with Gasteiger partial charge in [-0.3, -0.25) is 0 Å². The minimum Gasteiger partial charge on any atom is -0.493 e. The first-order chi connectivity index (χ1) is 18.3. The maximum Gasteiger partial charge on any atom is 0.329 e. The third-order valence-electron chi connectivity index (χ3n) is 7.10. The summed E-state index contributed by atoms with van der Waals surface area (Å²) in [6.45, 7) is 7.56. The molecule has 2 N–H and O–H groups in total. The molecule has 1 unspecified atom stereocenters. The van der Waals surface area contributed by atoms with Gasteiger partial charge in [0.05, 0.1) is 37.5 Å². The second-order valence-electron chi connectivity index (χ2n) is 9.89. The number of carbonyl (C=O) groups excluding carboxylic acids is 1. The van der Waals surface area contributed by atoms with Crippen LogP contribution < -0.4 is 14.8 Å². The summed E-state index contributed by atoms with van der Waals surface area (Å²) in [5.41, 5.74) is 1.48. The molecule has 206 valence electrons. The number of carboxylic acids is 1. The van der Waals surface area contributed by atoms with E-state index in [9.17, 15) is 14.7 Å².